The Morgan fingerprint density at radius 3 is 2.61 bits per heavy atom. The smallest absolute Gasteiger partial charge is 0.0727 e. The lowest BCUT2D eigenvalue weighted by molar-refractivity contribution is 0.827. The average Bonchev–Trinajstić information content (AvgIpc) is 2.72. The van der Waals surface area contributed by atoms with Gasteiger partial charge < -0.3 is 9.88 Å². The van der Waals surface area contributed by atoms with Crippen molar-refractivity contribution >= 4 is 27.5 Å². The van der Waals surface area contributed by atoms with Gasteiger partial charge in [-0.05, 0) is 37.6 Å². The molecule has 0 aliphatic rings. The van der Waals surface area contributed by atoms with Crippen LogP contribution in [0.15, 0.2) is 36.4 Å². The Balaban J connectivity index is 2.59. The van der Waals surface area contributed by atoms with Crippen LogP contribution in [0.1, 0.15) is 12.5 Å². The molecule has 1 N–H and O–H groups in total. The van der Waals surface area contributed by atoms with Crippen molar-refractivity contribution in [2.24, 2.45) is 0 Å². The molecule has 0 saturated heterocycles. The summed E-state index contributed by atoms with van der Waals surface area (Å²) in [4.78, 5) is 0. The molecule has 0 aliphatic heterocycles. The predicted molar refractivity (Wildman–Crippen MR) is 79.4 cm³/mol. The van der Waals surface area contributed by atoms with Crippen LogP contribution in [0.4, 0.5) is 5.69 Å². The van der Waals surface area contributed by atoms with Crippen molar-refractivity contribution < 1.29 is 0 Å². The molecule has 2 heteroatoms. The standard InChI is InChI=1S/C16H18N2/c1-4-18-15-8-6-5-7-12(15)13-9-11(2)10-14(17-3)16(13)18/h5-10,17H,4H2,1-3H3. The molecule has 2 aromatic carbocycles. The molecule has 0 fully saturated rings. The first-order valence-electron chi connectivity index (χ1n) is 6.45. The van der Waals surface area contributed by atoms with E-state index in [0.29, 0.717) is 0 Å². The largest absolute Gasteiger partial charge is 0.386 e. The van der Waals surface area contributed by atoms with Gasteiger partial charge in [0, 0.05) is 29.9 Å². The van der Waals surface area contributed by atoms with Gasteiger partial charge in [0.2, 0.25) is 0 Å². The van der Waals surface area contributed by atoms with E-state index in [2.05, 4.69) is 60.1 Å². The van der Waals surface area contributed by atoms with Crippen LogP contribution in [-0.2, 0) is 6.54 Å². The van der Waals surface area contributed by atoms with Crippen LogP contribution >= 0.6 is 0 Å². The van der Waals surface area contributed by atoms with Crippen LogP contribution in [0.2, 0.25) is 0 Å². The molecular formula is C16H18N2. The Hall–Kier alpha value is -1.96. The van der Waals surface area contributed by atoms with Crippen molar-refractivity contribution in [3.63, 3.8) is 0 Å². The van der Waals surface area contributed by atoms with Crippen molar-refractivity contribution in [2.75, 3.05) is 12.4 Å². The summed E-state index contributed by atoms with van der Waals surface area (Å²) < 4.78 is 2.38. The Kier molecular flexibility index (Phi) is 2.51. The van der Waals surface area contributed by atoms with E-state index in [9.17, 15) is 0 Å². The molecule has 0 aliphatic carbocycles. The van der Waals surface area contributed by atoms with Gasteiger partial charge in [-0.2, -0.15) is 0 Å². The summed E-state index contributed by atoms with van der Waals surface area (Å²) in [6.45, 7) is 5.34. The minimum Gasteiger partial charge on any atom is -0.386 e. The number of nitrogens with zero attached hydrogens (tertiary/aromatic N) is 1. The molecule has 3 aromatic rings. The van der Waals surface area contributed by atoms with Gasteiger partial charge in [-0.25, -0.2) is 0 Å². The minimum atomic E-state index is 0.988. The Morgan fingerprint density at radius 2 is 1.89 bits per heavy atom. The van der Waals surface area contributed by atoms with Crippen molar-refractivity contribution in [3.8, 4) is 0 Å². The summed E-state index contributed by atoms with van der Waals surface area (Å²) in [6, 6.07) is 13.1. The lowest BCUT2D eigenvalue weighted by Gasteiger charge is -2.09. The third-order valence-corrected chi connectivity index (χ3v) is 3.59. The lowest BCUT2D eigenvalue weighted by Crippen LogP contribution is -1.98. The van der Waals surface area contributed by atoms with Gasteiger partial charge in [0.1, 0.15) is 0 Å². The lowest BCUT2D eigenvalue weighted by atomic mass is 10.1. The van der Waals surface area contributed by atoms with Crippen LogP contribution in [0.3, 0.4) is 0 Å². The normalized spacial score (nSPS) is 11.3. The Morgan fingerprint density at radius 1 is 1.11 bits per heavy atom. The number of hydrogen-bond acceptors (Lipinski definition) is 1. The first kappa shape index (κ1) is 11.1. The maximum atomic E-state index is 3.33. The molecule has 92 valence electrons. The quantitative estimate of drug-likeness (QED) is 0.709. The second-order valence-corrected chi connectivity index (χ2v) is 4.72. The Labute approximate surface area is 107 Å². The van der Waals surface area contributed by atoms with Crippen molar-refractivity contribution in [1.82, 2.24) is 4.57 Å². The van der Waals surface area contributed by atoms with Crippen molar-refractivity contribution in [1.29, 1.82) is 0 Å². The highest BCUT2D eigenvalue weighted by Crippen LogP contribution is 2.34. The number of aryl methyl sites for hydroxylation is 2. The van der Waals surface area contributed by atoms with E-state index in [-0.39, 0.29) is 0 Å². The van der Waals surface area contributed by atoms with Gasteiger partial charge in [-0.1, -0.05) is 18.2 Å². The zero-order chi connectivity index (χ0) is 12.7. The number of anilines is 1. The van der Waals surface area contributed by atoms with Gasteiger partial charge in [0.05, 0.1) is 11.2 Å². The maximum Gasteiger partial charge on any atom is 0.0727 e. The van der Waals surface area contributed by atoms with Gasteiger partial charge in [0.15, 0.2) is 0 Å². The van der Waals surface area contributed by atoms with E-state index < -0.39 is 0 Å². The topological polar surface area (TPSA) is 17.0 Å². The fraction of sp³-hybridized carbons (Fsp3) is 0.250. The highest BCUT2D eigenvalue weighted by molar-refractivity contribution is 6.12. The van der Waals surface area contributed by atoms with Crippen LogP contribution < -0.4 is 5.32 Å². The van der Waals surface area contributed by atoms with Crippen molar-refractivity contribution in [2.45, 2.75) is 20.4 Å². The summed E-state index contributed by atoms with van der Waals surface area (Å²) in [6.07, 6.45) is 0. The molecule has 0 saturated carbocycles. The summed E-state index contributed by atoms with van der Waals surface area (Å²) in [7, 11) is 1.99. The van der Waals surface area contributed by atoms with E-state index in [1.807, 2.05) is 7.05 Å². The van der Waals surface area contributed by atoms with Gasteiger partial charge in [-0.3, -0.25) is 0 Å². The molecular weight excluding hydrogens is 220 g/mol. The first-order chi connectivity index (χ1) is 8.76. The molecule has 0 amide bonds. The number of rotatable bonds is 2. The first-order valence-corrected chi connectivity index (χ1v) is 6.45. The highest BCUT2D eigenvalue weighted by Gasteiger charge is 2.12. The zero-order valence-electron chi connectivity index (χ0n) is 11.1. The van der Waals surface area contributed by atoms with Gasteiger partial charge >= 0.3 is 0 Å². The maximum absolute atomic E-state index is 3.33. The molecule has 18 heavy (non-hydrogen) atoms. The van der Waals surface area contributed by atoms with E-state index >= 15 is 0 Å². The van der Waals surface area contributed by atoms with Crippen LogP contribution in [0.5, 0.6) is 0 Å². The number of nitrogens with one attached hydrogen (secondary N) is 1. The van der Waals surface area contributed by atoms with E-state index in [1.54, 1.807) is 0 Å². The molecule has 1 aromatic heterocycles. The molecule has 0 spiro atoms. The summed E-state index contributed by atoms with van der Waals surface area (Å²) in [5, 5.41) is 6.01. The Bertz CT molecular complexity index is 723. The number of hydrogen-bond donors (Lipinski definition) is 1. The number of fused-ring (bicyclic) bond motifs is 3. The molecule has 0 bridgehead atoms. The molecule has 3 rings (SSSR count). The van der Waals surface area contributed by atoms with Gasteiger partial charge in [-0.15, -0.1) is 0 Å². The molecule has 0 radical (unpaired) electrons. The molecule has 2 nitrogen and oxygen atoms in total. The number of benzene rings is 2. The molecule has 0 atom stereocenters. The van der Waals surface area contributed by atoms with Crippen LogP contribution in [-0.4, -0.2) is 11.6 Å². The third-order valence-electron chi connectivity index (χ3n) is 3.59. The molecule has 1 heterocycles. The van der Waals surface area contributed by atoms with Crippen molar-refractivity contribution in [3.05, 3.63) is 42.0 Å². The second kappa shape index (κ2) is 4.05. The van der Waals surface area contributed by atoms with E-state index in [1.165, 1.54) is 33.1 Å². The van der Waals surface area contributed by atoms with E-state index in [0.717, 1.165) is 6.54 Å². The minimum absolute atomic E-state index is 0.988. The number of aromatic nitrogens is 1. The summed E-state index contributed by atoms with van der Waals surface area (Å²) in [5.74, 6) is 0. The monoisotopic (exact) mass is 238 g/mol. The van der Waals surface area contributed by atoms with Crippen LogP contribution in [0.25, 0.3) is 21.8 Å². The van der Waals surface area contributed by atoms with Gasteiger partial charge in [0.25, 0.3) is 0 Å². The summed E-state index contributed by atoms with van der Waals surface area (Å²) in [5.41, 5.74) is 5.14. The second-order valence-electron chi connectivity index (χ2n) is 4.72. The predicted octanol–water partition coefficient (Wildman–Crippen LogP) is 4.16. The number of para-hydroxylation sites is 1. The highest BCUT2D eigenvalue weighted by atomic mass is 15.0. The fourth-order valence-electron chi connectivity index (χ4n) is 2.85. The fourth-order valence-corrected chi connectivity index (χ4v) is 2.85. The SMILES string of the molecule is CCn1c2ccccc2c2cc(C)cc(NC)c21. The zero-order valence-corrected chi connectivity index (χ0v) is 11.1. The summed E-state index contributed by atoms with van der Waals surface area (Å²) >= 11 is 0. The average molecular weight is 238 g/mol. The van der Waals surface area contributed by atoms with E-state index in [4.69, 9.17) is 0 Å². The van der Waals surface area contributed by atoms with Crippen LogP contribution in [0, 0.1) is 6.92 Å². The molecule has 0 unspecified atom stereocenters. The third kappa shape index (κ3) is 1.42.